The van der Waals surface area contributed by atoms with E-state index in [-0.39, 0.29) is 5.69 Å². The van der Waals surface area contributed by atoms with E-state index in [9.17, 15) is 9.90 Å². The number of ether oxygens (including phenoxy) is 2. The van der Waals surface area contributed by atoms with Crippen molar-refractivity contribution in [1.29, 1.82) is 0 Å². The van der Waals surface area contributed by atoms with Crippen molar-refractivity contribution in [1.82, 2.24) is 14.5 Å². The van der Waals surface area contributed by atoms with Gasteiger partial charge in [0.05, 0.1) is 26.1 Å². The van der Waals surface area contributed by atoms with Crippen molar-refractivity contribution in [2.24, 2.45) is 7.05 Å². The number of carboxylic acids is 1. The number of hydrogen-bond donors (Lipinski definition) is 1. The Labute approximate surface area is 144 Å². The highest BCUT2D eigenvalue weighted by atomic mass is 16.5. The number of aromatic nitrogens is 3. The number of aryl methyl sites for hydroxylation is 3. The van der Waals surface area contributed by atoms with E-state index < -0.39 is 5.97 Å². The highest BCUT2D eigenvalue weighted by Crippen LogP contribution is 2.23. The molecule has 0 radical (unpaired) electrons. The van der Waals surface area contributed by atoms with Crippen LogP contribution in [-0.2, 0) is 19.9 Å². The molecule has 7 heteroatoms. The first-order valence-electron chi connectivity index (χ1n) is 7.78. The molecular formula is C18H19N3O4. The molecule has 0 bridgehead atoms. The maximum atomic E-state index is 11.2. The van der Waals surface area contributed by atoms with Gasteiger partial charge in [-0.15, -0.1) is 0 Å². The van der Waals surface area contributed by atoms with Crippen LogP contribution in [0.25, 0.3) is 11.2 Å². The summed E-state index contributed by atoms with van der Waals surface area (Å²) < 4.78 is 12.1. The molecule has 1 N–H and O–H groups in total. The summed E-state index contributed by atoms with van der Waals surface area (Å²) >= 11 is 0. The first-order valence-corrected chi connectivity index (χ1v) is 7.78. The summed E-state index contributed by atoms with van der Waals surface area (Å²) in [7, 11) is 4.91. The average Bonchev–Trinajstić information content (AvgIpc) is 2.96. The van der Waals surface area contributed by atoms with Gasteiger partial charge in [-0.1, -0.05) is 0 Å². The monoisotopic (exact) mass is 341 g/mol. The maximum Gasteiger partial charge on any atom is 0.352 e. The number of rotatable bonds is 6. The summed E-state index contributed by atoms with van der Waals surface area (Å²) in [6, 6.07) is 7.29. The minimum Gasteiger partial charge on any atom is -0.497 e. The van der Waals surface area contributed by atoms with Gasteiger partial charge in [-0.2, -0.15) is 0 Å². The largest absolute Gasteiger partial charge is 0.497 e. The van der Waals surface area contributed by atoms with E-state index in [4.69, 9.17) is 9.47 Å². The van der Waals surface area contributed by atoms with Gasteiger partial charge in [-0.3, -0.25) is 0 Å². The summed E-state index contributed by atoms with van der Waals surface area (Å²) in [5.41, 5.74) is 3.18. The summed E-state index contributed by atoms with van der Waals surface area (Å²) in [5.74, 6) is 0.488. The van der Waals surface area contributed by atoms with E-state index in [0.717, 1.165) is 29.2 Å². The fourth-order valence-electron chi connectivity index (χ4n) is 2.74. The second-order valence-electron chi connectivity index (χ2n) is 5.68. The SMILES string of the molecule is COc1cc(CCc2cnc3c(cc(C(=O)O)n3C)n2)cc(OC)c1. The minimum atomic E-state index is -0.993. The van der Waals surface area contributed by atoms with Crippen LogP contribution in [0.2, 0.25) is 0 Å². The summed E-state index contributed by atoms with van der Waals surface area (Å²) in [6.45, 7) is 0. The molecule has 0 aliphatic heterocycles. The second kappa shape index (κ2) is 6.80. The Hall–Kier alpha value is -3.09. The lowest BCUT2D eigenvalue weighted by Gasteiger charge is -2.08. The molecule has 1 aromatic carbocycles. The Morgan fingerprint density at radius 2 is 1.80 bits per heavy atom. The van der Waals surface area contributed by atoms with Crippen LogP contribution in [-0.4, -0.2) is 39.8 Å². The van der Waals surface area contributed by atoms with E-state index in [1.165, 1.54) is 4.57 Å². The van der Waals surface area contributed by atoms with Gasteiger partial charge in [0, 0.05) is 13.1 Å². The Morgan fingerprint density at radius 3 is 2.40 bits per heavy atom. The van der Waals surface area contributed by atoms with Crippen molar-refractivity contribution in [3.8, 4) is 11.5 Å². The summed E-state index contributed by atoms with van der Waals surface area (Å²) in [6.07, 6.45) is 3.11. The third-order valence-corrected chi connectivity index (χ3v) is 4.08. The number of hydrogen-bond acceptors (Lipinski definition) is 5. The number of fused-ring (bicyclic) bond motifs is 1. The zero-order valence-corrected chi connectivity index (χ0v) is 14.3. The Balaban J connectivity index is 1.83. The summed E-state index contributed by atoms with van der Waals surface area (Å²) in [5, 5.41) is 9.19. The lowest BCUT2D eigenvalue weighted by molar-refractivity contribution is 0.0687. The molecular weight excluding hydrogens is 322 g/mol. The van der Waals surface area contributed by atoms with E-state index in [1.54, 1.807) is 33.5 Å². The minimum absolute atomic E-state index is 0.171. The predicted octanol–water partition coefficient (Wildman–Crippen LogP) is 2.47. The van der Waals surface area contributed by atoms with Crippen LogP contribution in [0.4, 0.5) is 0 Å². The first kappa shape index (κ1) is 16.8. The molecule has 3 rings (SSSR count). The molecule has 2 heterocycles. The van der Waals surface area contributed by atoms with Crippen LogP contribution >= 0.6 is 0 Å². The van der Waals surface area contributed by atoms with E-state index in [2.05, 4.69) is 9.97 Å². The molecule has 0 saturated heterocycles. The van der Waals surface area contributed by atoms with Gasteiger partial charge in [0.1, 0.15) is 22.7 Å². The highest BCUT2D eigenvalue weighted by molar-refractivity contribution is 5.92. The number of nitrogens with zero attached hydrogens (tertiary/aromatic N) is 3. The maximum absolute atomic E-state index is 11.2. The average molecular weight is 341 g/mol. The zero-order chi connectivity index (χ0) is 18.0. The van der Waals surface area contributed by atoms with Crippen LogP contribution < -0.4 is 9.47 Å². The molecule has 0 fully saturated rings. The number of benzene rings is 1. The van der Waals surface area contributed by atoms with Crippen molar-refractivity contribution >= 4 is 17.1 Å². The molecule has 0 atom stereocenters. The number of carboxylic acid groups (broad SMARTS) is 1. The van der Waals surface area contributed by atoms with Crippen LogP contribution in [0, 0.1) is 0 Å². The summed E-state index contributed by atoms with van der Waals surface area (Å²) in [4.78, 5) is 20.1. The fraction of sp³-hybridized carbons (Fsp3) is 0.278. The topological polar surface area (TPSA) is 86.5 Å². The van der Waals surface area contributed by atoms with Crippen molar-refractivity contribution in [2.75, 3.05) is 14.2 Å². The Bertz CT molecular complexity index is 911. The normalized spacial score (nSPS) is 10.8. The Kier molecular flexibility index (Phi) is 4.56. The molecule has 130 valence electrons. The molecule has 0 aliphatic carbocycles. The molecule has 25 heavy (non-hydrogen) atoms. The Morgan fingerprint density at radius 1 is 1.12 bits per heavy atom. The van der Waals surface area contributed by atoms with Crippen LogP contribution in [0.15, 0.2) is 30.5 Å². The fourth-order valence-corrected chi connectivity index (χ4v) is 2.74. The van der Waals surface area contributed by atoms with Gasteiger partial charge >= 0.3 is 5.97 Å². The first-order chi connectivity index (χ1) is 12.0. The van der Waals surface area contributed by atoms with Gasteiger partial charge in [-0.05, 0) is 36.6 Å². The quantitative estimate of drug-likeness (QED) is 0.741. The van der Waals surface area contributed by atoms with Gasteiger partial charge < -0.3 is 19.1 Å². The second-order valence-corrected chi connectivity index (χ2v) is 5.68. The zero-order valence-electron chi connectivity index (χ0n) is 14.3. The van der Waals surface area contributed by atoms with Crippen molar-refractivity contribution in [3.63, 3.8) is 0 Å². The van der Waals surface area contributed by atoms with Crippen LogP contribution in [0.5, 0.6) is 11.5 Å². The van der Waals surface area contributed by atoms with E-state index in [0.29, 0.717) is 17.6 Å². The van der Waals surface area contributed by atoms with Crippen LogP contribution in [0.3, 0.4) is 0 Å². The van der Waals surface area contributed by atoms with Crippen molar-refractivity contribution in [2.45, 2.75) is 12.8 Å². The molecule has 3 aromatic rings. The third-order valence-electron chi connectivity index (χ3n) is 4.08. The molecule has 0 unspecified atom stereocenters. The molecule has 0 aliphatic rings. The van der Waals surface area contributed by atoms with E-state index >= 15 is 0 Å². The highest BCUT2D eigenvalue weighted by Gasteiger charge is 2.14. The standard InChI is InChI=1S/C18H19N3O4/c1-21-16(18(22)23)9-15-17(21)19-10-12(20-15)5-4-11-6-13(24-2)8-14(7-11)25-3/h6-10H,4-5H2,1-3H3,(H,22,23). The molecule has 0 saturated carbocycles. The number of aromatic carboxylic acids is 1. The van der Waals surface area contributed by atoms with E-state index in [1.807, 2.05) is 18.2 Å². The molecule has 7 nitrogen and oxygen atoms in total. The van der Waals surface area contributed by atoms with Crippen molar-refractivity contribution < 1.29 is 19.4 Å². The molecule has 0 spiro atoms. The lowest BCUT2D eigenvalue weighted by atomic mass is 10.1. The van der Waals surface area contributed by atoms with Gasteiger partial charge in [0.25, 0.3) is 0 Å². The molecule has 2 aromatic heterocycles. The van der Waals surface area contributed by atoms with Crippen molar-refractivity contribution in [3.05, 3.63) is 47.4 Å². The number of methoxy groups -OCH3 is 2. The van der Waals surface area contributed by atoms with Gasteiger partial charge in [0.15, 0.2) is 5.65 Å². The predicted molar refractivity (Wildman–Crippen MR) is 92.4 cm³/mol. The molecule has 0 amide bonds. The lowest BCUT2D eigenvalue weighted by Crippen LogP contribution is -2.04. The van der Waals surface area contributed by atoms with Gasteiger partial charge in [-0.25, -0.2) is 14.8 Å². The third kappa shape index (κ3) is 3.40. The number of carbonyl (C=O) groups is 1. The smallest absolute Gasteiger partial charge is 0.352 e. The van der Waals surface area contributed by atoms with Gasteiger partial charge in [0.2, 0.25) is 0 Å². The van der Waals surface area contributed by atoms with Crippen LogP contribution in [0.1, 0.15) is 21.7 Å².